The standard InChI is InChI=1S/C28H31BrN2O3/c1-19-14-20(2)21(3)26(15-19)34-18-27(32)31(17-23-10-12-24(29)13-11-23)25(28(33)30-4)16-22-8-6-5-7-9-22/h5-15,25H,16-18H2,1-4H3,(H,30,33)/t25-/m1/s1. The van der Waals surface area contributed by atoms with Crippen LogP contribution in [-0.4, -0.2) is 36.4 Å². The Bertz CT molecular complexity index is 1130. The molecule has 0 bridgehead atoms. The minimum atomic E-state index is -0.674. The highest BCUT2D eigenvalue weighted by molar-refractivity contribution is 9.10. The molecular weight excluding hydrogens is 492 g/mol. The lowest BCUT2D eigenvalue weighted by molar-refractivity contribution is -0.142. The van der Waals surface area contributed by atoms with Gasteiger partial charge in [-0.05, 0) is 66.8 Å². The number of hydrogen-bond acceptors (Lipinski definition) is 3. The van der Waals surface area contributed by atoms with Crippen molar-refractivity contribution in [1.29, 1.82) is 0 Å². The van der Waals surface area contributed by atoms with Crippen LogP contribution in [0.2, 0.25) is 0 Å². The van der Waals surface area contributed by atoms with Gasteiger partial charge in [0, 0.05) is 24.5 Å². The Hall–Kier alpha value is -3.12. The van der Waals surface area contributed by atoms with Crippen molar-refractivity contribution >= 4 is 27.7 Å². The number of carbonyl (C=O) groups excluding carboxylic acids is 2. The summed E-state index contributed by atoms with van der Waals surface area (Å²) in [6, 6.07) is 20.8. The maximum Gasteiger partial charge on any atom is 0.261 e. The summed E-state index contributed by atoms with van der Waals surface area (Å²) in [5.74, 6) is 0.233. The van der Waals surface area contributed by atoms with E-state index >= 15 is 0 Å². The number of ether oxygens (including phenoxy) is 1. The molecule has 5 nitrogen and oxygen atoms in total. The molecule has 0 heterocycles. The Morgan fingerprint density at radius 1 is 0.971 bits per heavy atom. The molecule has 0 radical (unpaired) electrons. The van der Waals surface area contributed by atoms with Crippen LogP contribution in [0.4, 0.5) is 0 Å². The summed E-state index contributed by atoms with van der Waals surface area (Å²) in [5.41, 5.74) is 5.10. The molecule has 0 aliphatic rings. The first kappa shape index (κ1) is 25.5. The van der Waals surface area contributed by atoms with E-state index in [0.29, 0.717) is 18.7 Å². The molecule has 34 heavy (non-hydrogen) atoms. The van der Waals surface area contributed by atoms with Gasteiger partial charge < -0.3 is 15.0 Å². The van der Waals surface area contributed by atoms with Gasteiger partial charge in [0.15, 0.2) is 6.61 Å². The fourth-order valence-corrected chi connectivity index (χ4v) is 4.14. The molecular formula is C28H31BrN2O3. The summed E-state index contributed by atoms with van der Waals surface area (Å²) >= 11 is 3.45. The Balaban J connectivity index is 1.89. The van der Waals surface area contributed by atoms with Gasteiger partial charge in [0.1, 0.15) is 11.8 Å². The van der Waals surface area contributed by atoms with Crippen LogP contribution in [0.15, 0.2) is 71.2 Å². The van der Waals surface area contributed by atoms with Crippen LogP contribution >= 0.6 is 15.9 Å². The molecule has 178 valence electrons. The number of nitrogens with one attached hydrogen (secondary N) is 1. The molecule has 3 aromatic rings. The van der Waals surface area contributed by atoms with Crippen molar-refractivity contribution < 1.29 is 14.3 Å². The van der Waals surface area contributed by atoms with Crippen LogP contribution in [0.3, 0.4) is 0 Å². The van der Waals surface area contributed by atoms with E-state index in [9.17, 15) is 9.59 Å². The summed E-state index contributed by atoms with van der Waals surface area (Å²) in [4.78, 5) is 28.1. The maximum atomic E-state index is 13.5. The highest BCUT2D eigenvalue weighted by atomic mass is 79.9. The second kappa shape index (κ2) is 11.8. The van der Waals surface area contributed by atoms with Gasteiger partial charge in [-0.25, -0.2) is 0 Å². The van der Waals surface area contributed by atoms with E-state index in [1.54, 1.807) is 11.9 Å². The van der Waals surface area contributed by atoms with Gasteiger partial charge in [-0.3, -0.25) is 9.59 Å². The highest BCUT2D eigenvalue weighted by Crippen LogP contribution is 2.24. The summed E-state index contributed by atoms with van der Waals surface area (Å²) in [5, 5.41) is 2.73. The monoisotopic (exact) mass is 522 g/mol. The zero-order chi connectivity index (χ0) is 24.7. The molecule has 1 atom stereocenters. The number of benzene rings is 3. The first-order chi connectivity index (χ1) is 16.3. The molecule has 6 heteroatoms. The van der Waals surface area contributed by atoms with Crippen molar-refractivity contribution in [3.05, 3.63) is 99.0 Å². The largest absolute Gasteiger partial charge is 0.483 e. The lowest BCUT2D eigenvalue weighted by atomic mass is 10.0. The lowest BCUT2D eigenvalue weighted by Gasteiger charge is -2.31. The molecule has 0 spiro atoms. The summed E-state index contributed by atoms with van der Waals surface area (Å²) in [6.07, 6.45) is 0.408. The number of aryl methyl sites for hydroxylation is 2. The van der Waals surface area contributed by atoms with Crippen molar-refractivity contribution in [1.82, 2.24) is 10.2 Å². The predicted octanol–water partition coefficient (Wildman–Crippen LogP) is 5.14. The second-order valence-electron chi connectivity index (χ2n) is 8.46. The summed E-state index contributed by atoms with van der Waals surface area (Å²) < 4.78 is 6.93. The first-order valence-electron chi connectivity index (χ1n) is 11.3. The van der Waals surface area contributed by atoms with Crippen LogP contribution in [0.1, 0.15) is 27.8 Å². The minimum Gasteiger partial charge on any atom is -0.483 e. The fourth-order valence-electron chi connectivity index (χ4n) is 3.88. The first-order valence-corrected chi connectivity index (χ1v) is 12.1. The maximum absolute atomic E-state index is 13.5. The number of amides is 2. The van der Waals surface area contributed by atoms with E-state index in [4.69, 9.17) is 4.74 Å². The van der Waals surface area contributed by atoms with Crippen molar-refractivity contribution in [3.63, 3.8) is 0 Å². The van der Waals surface area contributed by atoms with Crippen LogP contribution in [-0.2, 0) is 22.6 Å². The average molecular weight is 523 g/mol. The van der Waals surface area contributed by atoms with Crippen LogP contribution in [0, 0.1) is 20.8 Å². The van der Waals surface area contributed by atoms with E-state index in [-0.39, 0.29) is 18.4 Å². The molecule has 0 aliphatic carbocycles. The minimum absolute atomic E-state index is 0.150. The Kier molecular flexibility index (Phi) is 8.88. The van der Waals surface area contributed by atoms with Gasteiger partial charge in [0.05, 0.1) is 0 Å². The molecule has 0 fully saturated rings. The van der Waals surface area contributed by atoms with Gasteiger partial charge in [-0.15, -0.1) is 0 Å². The third kappa shape index (κ3) is 6.70. The van der Waals surface area contributed by atoms with E-state index in [2.05, 4.69) is 27.3 Å². The van der Waals surface area contributed by atoms with E-state index in [0.717, 1.165) is 32.3 Å². The SMILES string of the molecule is CNC(=O)[C@@H](Cc1ccccc1)N(Cc1ccc(Br)cc1)C(=O)COc1cc(C)cc(C)c1C. The van der Waals surface area contributed by atoms with E-state index in [1.807, 2.05) is 81.4 Å². The zero-order valence-corrected chi connectivity index (χ0v) is 21.7. The summed E-state index contributed by atoms with van der Waals surface area (Å²) in [7, 11) is 1.60. The normalized spacial score (nSPS) is 11.6. The third-order valence-electron chi connectivity index (χ3n) is 5.90. The highest BCUT2D eigenvalue weighted by Gasteiger charge is 2.30. The lowest BCUT2D eigenvalue weighted by Crippen LogP contribution is -2.51. The van der Waals surface area contributed by atoms with Gasteiger partial charge in [-0.2, -0.15) is 0 Å². The van der Waals surface area contributed by atoms with Crippen LogP contribution < -0.4 is 10.1 Å². The van der Waals surface area contributed by atoms with Crippen molar-refractivity contribution in [3.8, 4) is 5.75 Å². The van der Waals surface area contributed by atoms with Crippen molar-refractivity contribution in [2.24, 2.45) is 0 Å². The van der Waals surface area contributed by atoms with Gasteiger partial charge in [0.2, 0.25) is 5.91 Å². The fraction of sp³-hybridized carbons (Fsp3) is 0.286. The Labute approximate surface area is 210 Å². The van der Waals surface area contributed by atoms with Gasteiger partial charge >= 0.3 is 0 Å². The van der Waals surface area contributed by atoms with Crippen LogP contribution in [0.25, 0.3) is 0 Å². The number of rotatable bonds is 9. The van der Waals surface area contributed by atoms with Crippen LogP contribution in [0.5, 0.6) is 5.75 Å². The quantitative estimate of drug-likeness (QED) is 0.423. The van der Waals surface area contributed by atoms with Gasteiger partial charge in [-0.1, -0.05) is 64.5 Å². The molecule has 0 saturated carbocycles. The molecule has 0 saturated heterocycles. The Morgan fingerprint density at radius 3 is 2.29 bits per heavy atom. The van der Waals surface area contributed by atoms with Crippen molar-refractivity contribution in [2.75, 3.05) is 13.7 Å². The van der Waals surface area contributed by atoms with E-state index < -0.39 is 6.04 Å². The molecule has 3 rings (SSSR count). The molecule has 0 aliphatic heterocycles. The number of carbonyl (C=O) groups is 2. The molecule has 3 aromatic carbocycles. The zero-order valence-electron chi connectivity index (χ0n) is 20.1. The van der Waals surface area contributed by atoms with Crippen molar-refractivity contribution in [2.45, 2.75) is 39.8 Å². The topological polar surface area (TPSA) is 58.6 Å². The molecule has 2 amide bonds. The molecule has 1 N–H and O–H groups in total. The number of likely N-dealkylation sites (N-methyl/N-ethyl adjacent to an activating group) is 1. The molecule has 0 aromatic heterocycles. The average Bonchev–Trinajstić information content (AvgIpc) is 2.83. The summed E-state index contributed by atoms with van der Waals surface area (Å²) in [6.45, 7) is 6.16. The van der Waals surface area contributed by atoms with Gasteiger partial charge in [0.25, 0.3) is 5.91 Å². The smallest absolute Gasteiger partial charge is 0.261 e. The number of hydrogen-bond donors (Lipinski definition) is 1. The van der Waals surface area contributed by atoms with E-state index in [1.165, 1.54) is 0 Å². The number of nitrogens with zero attached hydrogens (tertiary/aromatic N) is 1. The molecule has 0 unspecified atom stereocenters. The Morgan fingerprint density at radius 2 is 1.65 bits per heavy atom. The number of halogens is 1. The predicted molar refractivity (Wildman–Crippen MR) is 139 cm³/mol. The third-order valence-corrected chi connectivity index (χ3v) is 6.43. The second-order valence-corrected chi connectivity index (χ2v) is 9.38.